The fraction of sp³-hybridized carbons (Fsp3) is 0. The lowest BCUT2D eigenvalue weighted by molar-refractivity contribution is 1.62. The van der Waals surface area contributed by atoms with Crippen LogP contribution in [0.1, 0.15) is 0 Å². The number of hydrogen-bond acceptors (Lipinski definition) is 2. The van der Waals surface area contributed by atoms with Crippen LogP contribution < -0.4 is 5.32 Å². The van der Waals surface area contributed by atoms with Gasteiger partial charge in [0.1, 0.15) is 0 Å². The molecule has 0 saturated carbocycles. The molecule has 0 fully saturated rings. The standard InChI is InChI=1S/C28H19NS/c1-2-9-20(10-3-1)22-14-7-15-23-27-25(17-8-18-26(27)30-28(22)23)29-24-16-6-12-19-11-4-5-13-21(19)24/h1-18,29H. The maximum atomic E-state index is 3.73. The van der Waals surface area contributed by atoms with Crippen LogP contribution in [0, 0.1) is 0 Å². The molecule has 2 heteroatoms. The zero-order valence-electron chi connectivity index (χ0n) is 16.3. The Labute approximate surface area is 179 Å². The molecule has 0 spiro atoms. The normalized spacial score (nSPS) is 11.3. The van der Waals surface area contributed by atoms with Gasteiger partial charge in [0.25, 0.3) is 0 Å². The minimum atomic E-state index is 1.14. The third kappa shape index (κ3) is 2.77. The zero-order chi connectivity index (χ0) is 19.9. The number of rotatable bonds is 3. The molecule has 0 saturated heterocycles. The Morgan fingerprint density at radius 1 is 0.533 bits per heavy atom. The maximum absolute atomic E-state index is 3.73. The Bertz CT molecular complexity index is 1510. The van der Waals surface area contributed by atoms with E-state index in [0.29, 0.717) is 0 Å². The van der Waals surface area contributed by atoms with Crippen molar-refractivity contribution >= 4 is 53.7 Å². The smallest absolute Gasteiger partial charge is 0.0478 e. The predicted octanol–water partition coefficient (Wildman–Crippen LogP) is 8.62. The van der Waals surface area contributed by atoms with Crippen LogP contribution in [0.4, 0.5) is 11.4 Å². The molecule has 0 bridgehead atoms. The molecular weight excluding hydrogens is 382 g/mol. The van der Waals surface area contributed by atoms with Gasteiger partial charge in [0.2, 0.25) is 0 Å². The van der Waals surface area contributed by atoms with E-state index in [-0.39, 0.29) is 0 Å². The van der Waals surface area contributed by atoms with Gasteiger partial charge in [-0.15, -0.1) is 11.3 Å². The average Bonchev–Trinajstić information content (AvgIpc) is 3.20. The summed E-state index contributed by atoms with van der Waals surface area (Å²) < 4.78 is 2.64. The highest BCUT2D eigenvalue weighted by Crippen LogP contribution is 2.43. The van der Waals surface area contributed by atoms with E-state index in [9.17, 15) is 0 Å². The Balaban J connectivity index is 1.57. The highest BCUT2D eigenvalue weighted by molar-refractivity contribution is 7.26. The summed E-state index contributed by atoms with van der Waals surface area (Å²) in [7, 11) is 0. The van der Waals surface area contributed by atoms with Crippen LogP contribution >= 0.6 is 11.3 Å². The molecule has 0 amide bonds. The summed E-state index contributed by atoms with van der Waals surface area (Å²) in [5.74, 6) is 0. The van der Waals surface area contributed by atoms with E-state index in [1.807, 2.05) is 11.3 Å². The van der Waals surface area contributed by atoms with Crippen LogP contribution in [0.25, 0.3) is 42.1 Å². The molecular formula is C28H19NS. The first-order chi connectivity index (χ1) is 14.9. The highest BCUT2D eigenvalue weighted by Gasteiger charge is 2.13. The molecule has 6 rings (SSSR count). The van der Waals surface area contributed by atoms with E-state index in [4.69, 9.17) is 0 Å². The van der Waals surface area contributed by atoms with Crippen molar-refractivity contribution in [3.63, 3.8) is 0 Å². The summed E-state index contributed by atoms with van der Waals surface area (Å²) in [5, 5.41) is 8.82. The Morgan fingerprint density at radius 2 is 1.23 bits per heavy atom. The van der Waals surface area contributed by atoms with Crippen molar-refractivity contribution in [2.24, 2.45) is 0 Å². The number of fused-ring (bicyclic) bond motifs is 4. The van der Waals surface area contributed by atoms with Gasteiger partial charge in [0, 0.05) is 36.9 Å². The van der Waals surface area contributed by atoms with Crippen molar-refractivity contribution in [1.82, 2.24) is 0 Å². The SMILES string of the molecule is c1ccc(-c2cccc3c2sc2cccc(Nc4cccc5ccccc45)c23)cc1. The van der Waals surface area contributed by atoms with Crippen LogP contribution in [-0.2, 0) is 0 Å². The number of hydrogen-bond donors (Lipinski definition) is 1. The molecule has 0 unspecified atom stereocenters. The summed E-state index contributed by atoms with van der Waals surface area (Å²) >= 11 is 1.87. The molecule has 1 N–H and O–H groups in total. The summed E-state index contributed by atoms with van der Waals surface area (Å²) in [6.07, 6.45) is 0. The van der Waals surface area contributed by atoms with Gasteiger partial charge in [-0.1, -0.05) is 91.0 Å². The monoisotopic (exact) mass is 401 g/mol. The van der Waals surface area contributed by atoms with Gasteiger partial charge in [-0.25, -0.2) is 0 Å². The molecule has 30 heavy (non-hydrogen) atoms. The van der Waals surface area contributed by atoms with Crippen LogP contribution in [0.15, 0.2) is 109 Å². The van der Waals surface area contributed by atoms with E-state index in [1.165, 1.54) is 42.1 Å². The minimum absolute atomic E-state index is 1.14. The second-order valence-electron chi connectivity index (χ2n) is 7.48. The first-order valence-corrected chi connectivity index (χ1v) is 10.9. The lowest BCUT2D eigenvalue weighted by Gasteiger charge is -2.11. The van der Waals surface area contributed by atoms with Gasteiger partial charge >= 0.3 is 0 Å². The van der Waals surface area contributed by atoms with Crippen LogP contribution in [0.5, 0.6) is 0 Å². The molecule has 6 aromatic rings. The van der Waals surface area contributed by atoms with E-state index in [1.54, 1.807) is 0 Å². The fourth-order valence-electron chi connectivity index (χ4n) is 4.28. The molecule has 0 atom stereocenters. The van der Waals surface area contributed by atoms with Gasteiger partial charge in [-0.2, -0.15) is 0 Å². The van der Waals surface area contributed by atoms with E-state index >= 15 is 0 Å². The van der Waals surface area contributed by atoms with Gasteiger partial charge in [-0.05, 0) is 34.7 Å². The average molecular weight is 402 g/mol. The third-order valence-corrected chi connectivity index (χ3v) is 6.87. The zero-order valence-corrected chi connectivity index (χ0v) is 17.1. The third-order valence-electron chi connectivity index (χ3n) is 5.67. The van der Waals surface area contributed by atoms with Gasteiger partial charge in [0.05, 0.1) is 0 Å². The van der Waals surface area contributed by atoms with Gasteiger partial charge in [-0.3, -0.25) is 0 Å². The molecule has 5 aromatic carbocycles. The Kier molecular flexibility index (Phi) is 4.03. The van der Waals surface area contributed by atoms with Crippen molar-refractivity contribution < 1.29 is 0 Å². The highest BCUT2D eigenvalue weighted by atomic mass is 32.1. The second-order valence-corrected chi connectivity index (χ2v) is 8.53. The Hall–Kier alpha value is -3.62. The summed E-state index contributed by atoms with van der Waals surface area (Å²) in [6, 6.07) is 38.8. The molecule has 142 valence electrons. The summed E-state index contributed by atoms with van der Waals surface area (Å²) in [5.41, 5.74) is 4.85. The molecule has 0 aliphatic carbocycles. The largest absolute Gasteiger partial charge is 0.354 e. The van der Waals surface area contributed by atoms with E-state index < -0.39 is 0 Å². The number of anilines is 2. The fourth-order valence-corrected chi connectivity index (χ4v) is 5.54. The second kappa shape index (κ2) is 7.01. The summed E-state index contributed by atoms with van der Waals surface area (Å²) in [6.45, 7) is 0. The number of benzene rings is 5. The maximum Gasteiger partial charge on any atom is 0.0478 e. The van der Waals surface area contributed by atoms with Crippen LogP contribution in [-0.4, -0.2) is 0 Å². The first-order valence-electron chi connectivity index (χ1n) is 10.1. The van der Waals surface area contributed by atoms with E-state index in [0.717, 1.165) is 11.4 Å². The Morgan fingerprint density at radius 3 is 2.17 bits per heavy atom. The van der Waals surface area contributed by atoms with Crippen molar-refractivity contribution in [2.45, 2.75) is 0 Å². The number of thiophene rings is 1. The summed E-state index contributed by atoms with van der Waals surface area (Å²) in [4.78, 5) is 0. The molecule has 1 nitrogen and oxygen atoms in total. The topological polar surface area (TPSA) is 12.0 Å². The predicted molar refractivity (Wildman–Crippen MR) is 132 cm³/mol. The number of nitrogens with one attached hydrogen (secondary N) is 1. The van der Waals surface area contributed by atoms with Crippen molar-refractivity contribution in [2.75, 3.05) is 5.32 Å². The lowest BCUT2D eigenvalue weighted by atomic mass is 10.0. The molecule has 0 radical (unpaired) electrons. The van der Waals surface area contributed by atoms with Crippen LogP contribution in [0.2, 0.25) is 0 Å². The molecule has 1 heterocycles. The minimum Gasteiger partial charge on any atom is -0.354 e. The van der Waals surface area contributed by atoms with Crippen molar-refractivity contribution in [3.05, 3.63) is 109 Å². The molecule has 0 aliphatic heterocycles. The van der Waals surface area contributed by atoms with Crippen molar-refractivity contribution in [1.29, 1.82) is 0 Å². The van der Waals surface area contributed by atoms with Crippen LogP contribution in [0.3, 0.4) is 0 Å². The molecule has 1 aromatic heterocycles. The van der Waals surface area contributed by atoms with E-state index in [2.05, 4.69) is 115 Å². The van der Waals surface area contributed by atoms with Gasteiger partial charge < -0.3 is 5.32 Å². The quantitative estimate of drug-likeness (QED) is 0.313. The lowest BCUT2D eigenvalue weighted by Crippen LogP contribution is -1.92. The van der Waals surface area contributed by atoms with Gasteiger partial charge in [0.15, 0.2) is 0 Å². The first kappa shape index (κ1) is 17.3. The van der Waals surface area contributed by atoms with Crippen molar-refractivity contribution in [3.8, 4) is 11.1 Å². The molecule has 0 aliphatic rings.